The van der Waals surface area contributed by atoms with Crippen LogP contribution in [0.15, 0.2) is 174 Å². The Labute approximate surface area is 278 Å². The van der Waals surface area contributed by atoms with E-state index in [1.54, 1.807) is 0 Å². The van der Waals surface area contributed by atoms with Crippen LogP contribution in [0.3, 0.4) is 0 Å². The molecule has 9 rings (SSSR count). The third-order valence-corrected chi connectivity index (χ3v) is 9.09. The fourth-order valence-electron chi connectivity index (χ4n) is 6.67. The molecule has 0 unspecified atom stereocenters. The number of nitrogens with zero attached hydrogens (tertiary/aromatic N) is 3. The van der Waals surface area contributed by atoms with Crippen molar-refractivity contribution in [2.24, 2.45) is 0 Å². The number of fused-ring (bicyclic) bond motifs is 4. The standard InChI is InChI=1S/C44H31N3O/c1-30-15-22-37(23-16-30)47-41-13-7-6-12-40(41)45-44(47)32-19-26-36(27-20-32)46(34-9-3-2-4-10-34)35-24-17-31(18-25-35)33-21-28-39-38-11-5-8-14-42(38)48-43(39)29-33/h2-29H,1H3. The zero-order valence-electron chi connectivity index (χ0n) is 26.4. The fourth-order valence-corrected chi connectivity index (χ4v) is 6.67. The van der Waals surface area contributed by atoms with Crippen LogP contribution in [0.4, 0.5) is 17.1 Å². The van der Waals surface area contributed by atoms with Gasteiger partial charge < -0.3 is 9.32 Å². The lowest BCUT2D eigenvalue weighted by Gasteiger charge is -2.26. The Bertz CT molecular complexity index is 2540. The number of hydrogen-bond acceptors (Lipinski definition) is 3. The highest BCUT2D eigenvalue weighted by molar-refractivity contribution is 6.05. The van der Waals surface area contributed by atoms with Gasteiger partial charge in [-0.25, -0.2) is 4.98 Å². The number of benzene rings is 7. The van der Waals surface area contributed by atoms with E-state index in [1.807, 2.05) is 18.2 Å². The molecule has 48 heavy (non-hydrogen) atoms. The third kappa shape index (κ3) is 4.83. The van der Waals surface area contributed by atoms with Crippen LogP contribution in [0.25, 0.3) is 61.2 Å². The van der Waals surface area contributed by atoms with E-state index in [0.717, 1.165) is 78.2 Å². The van der Waals surface area contributed by atoms with Crippen molar-refractivity contribution in [1.82, 2.24) is 9.55 Å². The van der Waals surface area contributed by atoms with E-state index in [2.05, 4.69) is 168 Å². The molecule has 0 N–H and O–H groups in total. The van der Waals surface area contributed by atoms with E-state index in [1.165, 1.54) is 5.56 Å². The molecular formula is C44H31N3O. The molecule has 7 aromatic carbocycles. The summed E-state index contributed by atoms with van der Waals surface area (Å²) in [5.41, 5.74) is 12.8. The number of rotatable bonds is 6. The van der Waals surface area contributed by atoms with E-state index < -0.39 is 0 Å². The van der Waals surface area contributed by atoms with Crippen LogP contribution in [-0.2, 0) is 0 Å². The van der Waals surface area contributed by atoms with E-state index in [-0.39, 0.29) is 0 Å². The largest absolute Gasteiger partial charge is 0.456 e. The summed E-state index contributed by atoms with van der Waals surface area (Å²) in [7, 11) is 0. The summed E-state index contributed by atoms with van der Waals surface area (Å²) >= 11 is 0. The van der Waals surface area contributed by atoms with Crippen LogP contribution in [0.2, 0.25) is 0 Å². The summed E-state index contributed by atoms with van der Waals surface area (Å²) in [6, 6.07) is 59.6. The first-order valence-corrected chi connectivity index (χ1v) is 16.2. The van der Waals surface area contributed by atoms with Gasteiger partial charge >= 0.3 is 0 Å². The Morgan fingerprint density at radius 3 is 1.88 bits per heavy atom. The van der Waals surface area contributed by atoms with Crippen molar-refractivity contribution in [3.8, 4) is 28.2 Å². The van der Waals surface area contributed by atoms with Crippen molar-refractivity contribution in [3.05, 3.63) is 175 Å². The lowest BCUT2D eigenvalue weighted by atomic mass is 10.0. The maximum atomic E-state index is 6.17. The van der Waals surface area contributed by atoms with Gasteiger partial charge in [0.2, 0.25) is 0 Å². The number of anilines is 3. The summed E-state index contributed by atoms with van der Waals surface area (Å²) in [6.07, 6.45) is 0. The minimum atomic E-state index is 0.902. The molecule has 4 nitrogen and oxygen atoms in total. The summed E-state index contributed by atoms with van der Waals surface area (Å²) in [5, 5.41) is 2.28. The summed E-state index contributed by atoms with van der Waals surface area (Å²) in [4.78, 5) is 7.38. The maximum absolute atomic E-state index is 6.17. The minimum absolute atomic E-state index is 0.902. The Morgan fingerprint density at radius 2 is 1.10 bits per heavy atom. The van der Waals surface area contributed by atoms with Gasteiger partial charge in [0.15, 0.2) is 0 Å². The summed E-state index contributed by atoms with van der Waals surface area (Å²) in [6.45, 7) is 2.11. The Morgan fingerprint density at radius 1 is 0.500 bits per heavy atom. The molecule has 0 aliphatic rings. The smallest absolute Gasteiger partial charge is 0.145 e. The van der Waals surface area contributed by atoms with Crippen molar-refractivity contribution >= 4 is 50.0 Å². The average Bonchev–Trinajstić information content (AvgIpc) is 3.72. The molecule has 0 fully saturated rings. The van der Waals surface area contributed by atoms with Gasteiger partial charge in [0.1, 0.15) is 17.0 Å². The van der Waals surface area contributed by atoms with Gasteiger partial charge in [0.05, 0.1) is 11.0 Å². The summed E-state index contributed by atoms with van der Waals surface area (Å²) in [5.74, 6) is 0.920. The zero-order valence-corrected chi connectivity index (χ0v) is 26.4. The van der Waals surface area contributed by atoms with E-state index in [4.69, 9.17) is 9.40 Å². The van der Waals surface area contributed by atoms with Crippen molar-refractivity contribution < 1.29 is 4.42 Å². The summed E-state index contributed by atoms with van der Waals surface area (Å²) < 4.78 is 8.42. The first-order valence-electron chi connectivity index (χ1n) is 16.2. The molecule has 0 radical (unpaired) electrons. The molecule has 0 saturated carbocycles. The number of imidazole rings is 1. The second-order valence-corrected chi connectivity index (χ2v) is 12.2. The monoisotopic (exact) mass is 617 g/mol. The van der Waals surface area contributed by atoms with Crippen LogP contribution in [0, 0.1) is 6.92 Å². The number of hydrogen-bond donors (Lipinski definition) is 0. The minimum Gasteiger partial charge on any atom is -0.456 e. The molecule has 0 saturated heterocycles. The van der Waals surface area contributed by atoms with E-state index in [9.17, 15) is 0 Å². The van der Waals surface area contributed by atoms with Gasteiger partial charge in [-0.2, -0.15) is 0 Å². The average molecular weight is 618 g/mol. The molecule has 2 heterocycles. The van der Waals surface area contributed by atoms with Crippen LogP contribution < -0.4 is 4.90 Å². The topological polar surface area (TPSA) is 34.2 Å². The van der Waals surface area contributed by atoms with Crippen LogP contribution in [0.5, 0.6) is 0 Å². The molecule has 0 bridgehead atoms. The highest BCUT2D eigenvalue weighted by atomic mass is 16.3. The van der Waals surface area contributed by atoms with Crippen molar-refractivity contribution in [3.63, 3.8) is 0 Å². The van der Waals surface area contributed by atoms with Crippen LogP contribution in [-0.4, -0.2) is 9.55 Å². The first kappa shape index (κ1) is 27.9. The molecule has 4 heteroatoms. The normalized spacial score (nSPS) is 11.4. The van der Waals surface area contributed by atoms with Gasteiger partial charge in [-0.05, 0) is 109 Å². The van der Waals surface area contributed by atoms with Gasteiger partial charge in [-0.3, -0.25) is 4.57 Å². The highest BCUT2D eigenvalue weighted by Crippen LogP contribution is 2.38. The quantitative estimate of drug-likeness (QED) is 0.186. The Hall–Kier alpha value is -6.39. The number of para-hydroxylation sites is 4. The first-order chi connectivity index (χ1) is 23.7. The second-order valence-electron chi connectivity index (χ2n) is 12.2. The van der Waals surface area contributed by atoms with Gasteiger partial charge in [-0.1, -0.05) is 84.4 Å². The lowest BCUT2D eigenvalue weighted by molar-refractivity contribution is 0.669. The maximum Gasteiger partial charge on any atom is 0.145 e. The molecule has 0 aliphatic carbocycles. The van der Waals surface area contributed by atoms with Crippen LogP contribution in [0.1, 0.15) is 5.56 Å². The van der Waals surface area contributed by atoms with Crippen LogP contribution >= 0.6 is 0 Å². The van der Waals surface area contributed by atoms with Gasteiger partial charge in [0, 0.05) is 39.1 Å². The molecular weight excluding hydrogens is 587 g/mol. The lowest BCUT2D eigenvalue weighted by Crippen LogP contribution is -2.09. The number of furan rings is 1. The molecule has 2 aromatic heterocycles. The van der Waals surface area contributed by atoms with Gasteiger partial charge in [0.25, 0.3) is 0 Å². The van der Waals surface area contributed by atoms with E-state index >= 15 is 0 Å². The predicted octanol–water partition coefficient (Wildman–Crippen LogP) is 12.0. The second kappa shape index (κ2) is 11.4. The Kier molecular flexibility index (Phi) is 6.65. The molecule has 0 amide bonds. The molecule has 228 valence electrons. The molecule has 0 atom stereocenters. The van der Waals surface area contributed by atoms with Crippen molar-refractivity contribution in [2.45, 2.75) is 6.92 Å². The highest BCUT2D eigenvalue weighted by Gasteiger charge is 2.17. The molecule has 0 aliphatic heterocycles. The third-order valence-electron chi connectivity index (χ3n) is 9.09. The molecule has 0 spiro atoms. The zero-order chi connectivity index (χ0) is 32.0. The van der Waals surface area contributed by atoms with Crippen molar-refractivity contribution in [1.29, 1.82) is 0 Å². The number of aromatic nitrogens is 2. The SMILES string of the molecule is Cc1ccc(-n2c(-c3ccc(N(c4ccccc4)c4ccc(-c5ccc6c(c5)oc5ccccc56)cc4)cc3)nc3ccccc32)cc1. The Balaban J connectivity index is 1.09. The fraction of sp³-hybridized carbons (Fsp3) is 0.0227. The van der Waals surface area contributed by atoms with Crippen molar-refractivity contribution in [2.75, 3.05) is 4.90 Å². The van der Waals surface area contributed by atoms with Gasteiger partial charge in [-0.15, -0.1) is 0 Å². The molecule has 9 aromatic rings. The number of aryl methyl sites for hydroxylation is 1. The van der Waals surface area contributed by atoms with E-state index in [0.29, 0.717) is 0 Å². The predicted molar refractivity (Wildman–Crippen MR) is 199 cm³/mol.